The molecule has 4 rings (SSSR count). The normalized spacial score (nSPS) is 15.0. The highest BCUT2D eigenvalue weighted by Crippen LogP contribution is 2.29. The zero-order valence-corrected chi connectivity index (χ0v) is 11.5. The van der Waals surface area contributed by atoms with Crippen molar-refractivity contribution in [3.63, 3.8) is 0 Å². The monoisotopic (exact) mass is 281 g/mol. The van der Waals surface area contributed by atoms with Gasteiger partial charge in [-0.05, 0) is 25.0 Å². The van der Waals surface area contributed by atoms with E-state index in [1.54, 1.807) is 0 Å². The summed E-state index contributed by atoms with van der Waals surface area (Å²) < 4.78 is 0. The molecule has 3 aromatic heterocycles. The maximum Gasteiger partial charge on any atom is 0.186 e. The first-order valence-electron chi connectivity index (χ1n) is 6.99. The third-order valence-electron chi connectivity index (χ3n) is 3.85. The van der Waals surface area contributed by atoms with Crippen molar-refractivity contribution < 1.29 is 0 Å². The molecule has 4 heterocycles. The molecule has 3 aromatic rings. The molecule has 0 aliphatic carbocycles. The van der Waals surface area contributed by atoms with Crippen LogP contribution in [-0.4, -0.2) is 38.2 Å². The van der Waals surface area contributed by atoms with Gasteiger partial charge in [-0.3, -0.25) is 5.10 Å². The lowest BCUT2D eigenvalue weighted by molar-refractivity contribution is 0.938. The summed E-state index contributed by atoms with van der Waals surface area (Å²) in [5.41, 5.74) is 8.24. The van der Waals surface area contributed by atoms with Gasteiger partial charge in [0.25, 0.3) is 0 Å². The molecule has 0 amide bonds. The Morgan fingerprint density at radius 3 is 2.71 bits per heavy atom. The summed E-state index contributed by atoms with van der Waals surface area (Å²) in [5, 5.41) is 7.88. The Labute approximate surface area is 121 Å². The molecule has 0 aromatic carbocycles. The lowest BCUT2D eigenvalue weighted by Crippen LogP contribution is -2.18. The van der Waals surface area contributed by atoms with E-state index >= 15 is 0 Å². The van der Waals surface area contributed by atoms with Crippen molar-refractivity contribution in [3.8, 4) is 11.3 Å². The van der Waals surface area contributed by atoms with Gasteiger partial charge < -0.3 is 10.6 Å². The van der Waals surface area contributed by atoms with E-state index in [2.05, 4.69) is 30.0 Å². The van der Waals surface area contributed by atoms with Gasteiger partial charge in [0.2, 0.25) is 0 Å². The number of rotatable bonds is 2. The maximum absolute atomic E-state index is 5.93. The second-order valence-corrected chi connectivity index (χ2v) is 5.16. The largest absolute Gasteiger partial charge is 0.383 e. The van der Waals surface area contributed by atoms with Gasteiger partial charge in [0.1, 0.15) is 18.0 Å². The molecule has 0 saturated carbocycles. The number of anilines is 2. The number of nitrogens with two attached hydrogens (primary N) is 1. The minimum Gasteiger partial charge on any atom is -0.383 e. The molecule has 1 aliphatic heterocycles. The molecule has 1 aliphatic rings. The second kappa shape index (κ2) is 4.69. The predicted molar refractivity (Wildman–Crippen MR) is 80.8 cm³/mol. The number of hydrogen-bond donors (Lipinski definition) is 2. The highest BCUT2D eigenvalue weighted by molar-refractivity contribution is 5.97. The molecule has 106 valence electrons. The number of aromatic nitrogens is 5. The molecular formula is C14H15N7. The van der Waals surface area contributed by atoms with Gasteiger partial charge in [0, 0.05) is 24.8 Å². The van der Waals surface area contributed by atoms with Crippen LogP contribution in [0.2, 0.25) is 0 Å². The van der Waals surface area contributed by atoms with Crippen LogP contribution in [0.4, 0.5) is 11.6 Å². The third kappa shape index (κ3) is 1.97. The lowest BCUT2D eigenvalue weighted by atomic mass is 10.1. The van der Waals surface area contributed by atoms with Gasteiger partial charge >= 0.3 is 0 Å². The fourth-order valence-electron chi connectivity index (χ4n) is 2.75. The van der Waals surface area contributed by atoms with Crippen LogP contribution in [0.25, 0.3) is 22.3 Å². The fraction of sp³-hybridized carbons (Fsp3) is 0.286. The summed E-state index contributed by atoms with van der Waals surface area (Å²) in [7, 11) is 0. The van der Waals surface area contributed by atoms with Crippen molar-refractivity contribution in [2.24, 2.45) is 0 Å². The Balaban J connectivity index is 1.75. The fourth-order valence-corrected chi connectivity index (χ4v) is 2.75. The van der Waals surface area contributed by atoms with Crippen LogP contribution in [0.5, 0.6) is 0 Å². The van der Waals surface area contributed by atoms with E-state index in [0.29, 0.717) is 11.5 Å². The van der Waals surface area contributed by atoms with E-state index < -0.39 is 0 Å². The van der Waals surface area contributed by atoms with Crippen molar-refractivity contribution in [3.05, 3.63) is 24.7 Å². The minimum atomic E-state index is 0.423. The Hall–Kier alpha value is -2.70. The van der Waals surface area contributed by atoms with Crippen LogP contribution in [0.3, 0.4) is 0 Å². The number of nitrogens with one attached hydrogen (secondary N) is 1. The minimum absolute atomic E-state index is 0.423. The second-order valence-electron chi connectivity index (χ2n) is 5.16. The number of fused-ring (bicyclic) bond motifs is 1. The Morgan fingerprint density at radius 2 is 1.95 bits per heavy atom. The van der Waals surface area contributed by atoms with E-state index in [9.17, 15) is 0 Å². The van der Waals surface area contributed by atoms with Gasteiger partial charge in [0.15, 0.2) is 5.65 Å². The Morgan fingerprint density at radius 1 is 1.10 bits per heavy atom. The predicted octanol–water partition coefficient (Wildman–Crippen LogP) is 1.60. The number of H-pyrrole nitrogens is 1. The van der Waals surface area contributed by atoms with Crippen LogP contribution in [0, 0.1) is 0 Å². The van der Waals surface area contributed by atoms with E-state index in [4.69, 9.17) is 5.73 Å². The van der Waals surface area contributed by atoms with Crippen molar-refractivity contribution in [1.29, 1.82) is 0 Å². The number of aromatic amines is 1. The molecule has 1 fully saturated rings. The lowest BCUT2D eigenvalue weighted by Gasteiger charge is -2.16. The Bertz CT molecular complexity index is 772. The quantitative estimate of drug-likeness (QED) is 0.740. The SMILES string of the molecule is Nc1ncnc2n[nH]c(-c3ccc(N4CCCC4)nc3)c12. The smallest absolute Gasteiger partial charge is 0.186 e. The molecule has 1 saturated heterocycles. The molecule has 3 N–H and O–H groups in total. The summed E-state index contributed by atoms with van der Waals surface area (Å²) in [6.45, 7) is 2.17. The highest BCUT2D eigenvalue weighted by atomic mass is 15.2. The molecule has 0 unspecified atom stereocenters. The summed E-state index contributed by atoms with van der Waals surface area (Å²) in [6.07, 6.45) is 5.73. The van der Waals surface area contributed by atoms with E-state index in [-0.39, 0.29) is 0 Å². The average Bonchev–Trinajstić information content (AvgIpc) is 3.18. The molecular weight excluding hydrogens is 266 g/mol. The summed E-state index contributed by atoms with van der Waals surface area (Å²) >= 11 is 0. The number of nitrogen functional groups attached to an aromatic ring is 1. The number of pyridine rings is 1. The van der Waals surface area contributed by atoms with Gasteiger partial charge in [-0.15, -0.1) is 0 Å². The molecule has 0 spiro atoms. The van der Waals surface area contributed by atoms with Crippen LogP contribution in [0.1, 0.15) is 12.8 Å². The van der Waals surface area contributed by atoms with Crippen LogP contribution < -0.4 is 10.6 Å². The molecule has 7 heteroatoms. The first-order valence-corrected chi connectivity index (χ1v) is 6.99. The van der Waals surface area contributed by atoms with E-state index in [1.165, 1.54) is 19.2 Å². The van der Waals surface area contributed by atoms with E-state index in [0.717, 1.165) is 35.6 Å². The summed E-state index contributed by atoms with van der Waals surface area (Å²) in [4.78, 5) is 15.0. The van der Waals surface area contributed by atoms with Crippen LogP contribution in [0.15, 0.2) is 24.7 Å². The topological polar surface area (TPSA) is 96.6 Å². The van der Waals surface area contributed by atoms with Crippen LogP contribution in [-0.2, 0) is 0 Å². The highest BCUT2D eigenvalue weighted by Gasteiger charge is 2.15. The Kier molecular flexibility index (Phi) is 2.70. The maximum atomic E-state index is 5.93. The molecule has 21 heavy (non-hydrogen) atoms. The van der Waals surface area contributed by atoms with Gasteiger partial charge in [-0.1, -0.05) is 0 Å². The standard InChI is InChI=1S/C14H15N7/c15-13-11-12(19-20-14(11)18-8-17-13)9-3-4-10(16-7-9)21-5-1-2-6-21/h3-4,7-8H,1-2,5-6H2,(H3,15,17,18,19,20). The molecule has 0 atom stereocenters. The summed E-state index contributed by atoms with van der Waals surface area (Å²) in [5.74, 6) is 1.44. The third-order valence-corrected chi connectivity index (χ3v) is 3.85. The van der Waals surface area contributed by atoms with E-state index in [1.807, 2.05) is 18.3 Å². The van der Waals surface area contributed by atoms with Crippen molar-refractivity contribution in [2.75, 3.05) is 23.7 Å². The number of hydrogen-bond acceptors (Lipinski definition) is 6. The van der Waals surface area contributed by atoms with Gasteiger partial charge in [-0.2, -0.15) is 5.10 Å². The van der Waals surface area contributed by atoms with Crippen molar-refractivity contribution in [2.45, 2.75) is 12.8 Å². The van der Waals surface area contributed by atoms with Gasteiger partial charge in [0.05, 0.1) is 11.1 Å². The van der Waals surface area contributed by atoms with Crippen LogP contribution >= 0.6 is 0 Å². The van der Waals surface area contributed by atoms with Crippen molar-refractivity contribution in [1.82, 2.24) is 25.1 Å². The van der Waals surface area contributed by atoms with Gasteiger partial charge in [-0.25, -0.2) is 15.0 Å². The zero-order chi connectivity index (χ0) is 14.2. The summed E-state index contributed by atoms with van der Waals surface area (Å²) in [6, 6.07) is 4.06. The zero-order valence-electron chi connectivity index (χ0n) is 11.5. The number of nitrogens with zero attached hydrogens (tertiary/aromatic N) is 5. The molecule has 7 nitrogen and oxygen atoms in total. The molecule has 0 bridgehead atoms. The van der Waals surface area contributed by atoms with Crippen molar-refractivity contribution >= 4 is 22.7 Å². The molecule has 0 radical (unpaired) electrons. The first-order chi connectivity index (χ1) is 10.3. The first kappa shape index (κ1) is 12.1. The average molecular weight is 281 g/mol.